The summed E-state index contributed by atoms with van der Waals surface area (Å²) < 4.78 is 5.39. The Morgan fingerprint density at radius 2 is 2.31 bits per heavy atom. The van der Waals surface area contributed by atoms with Gasteiger partial charge < -0.3 is 10.1 Å². The lowest BCUT2D eigenvalue weighted by Gasteiger charge is -2.18. The van der Waals surface area contributed by atoms with Gasteiger partial charge in [0.25, 0.3) is 0 Å². The molecule has 0 aromatic carbocycles. The second kappa shape index (κ2) is 5.86. The third kappa shape index (κ3) is 3.82. The highest BCUT2D eigenvalue weighted by Gasteiger charge is 2.30. The van der Waals surface area contributed by atoms with E-state index in [-0.39, 0.29) is 5.91 Å². The zero-order valence-electron chi connectivity index (χ0n) is 10.1. The van der Waals surface area contributed by atoms with Gasteiger partial charge in [0.1, 0.15) is 5.41 Å². The normalized spacial score (nSPS) is 18.6. The Morgan fingerprint density at radius 3 is 2.81 bits per heavy atom. The molecule has 0 aromatic rings. The molecule has 1 aliphatic carbocycles. The van der Waals surface area contributed by atoms with Crippen LogP contribution < -0.4 is 5.32 Å². The quantitative estimate of drug-likeness (QED) is 0.666. The standard InChI is InChI=1S/C12H20N2O2/c1-3-12(2,9-13)11(15)14-6-7-16-8-10-4-5-10/h10H,3-8H2,1-2H3,(H,14,15). The van der Waals surface area contributed by atoms with E-state index in [1.54, 1.807) is 6.92 Å². The molecule has 0 heterocycles. The first-order valence-corrected chi connectivity index (χ1v) is 5.89. The molecule has 1 fully saturated rings. The van der Waals surface area contributed by atoms with Crippen LogP contribution in [0.15, 0.2) is 0 Å². The van der Waals surface area contributed by atoms with Crippen molar-refractivity contribution in [1.82, 2.24) is 5.32 Å². The number of carbonyl (C=O) groups excluding carboxylic acids is 1. The van der Waals surface area contributed by atoms with E-state index in [1.807, 2.05) is 13.0 Å². The van der Waals surface area contributed by atoms with Gasteiger partial charge in [-0.15, -0.1) is 0 Å². The van der Waals surface area contributed by atoms with Gasteiger partial charge in [-0.2, -0.15) is 5.26 Å². The molecule has 1 aliphatic rings. The molecule has 0 spiro atoms. The van der Waals surface area contributed by atoms with Crippen LogP contribution >= 0.6 is 0 Å². The minimum atomic E-state index is -0.906. The summed E-state index contributed by atoms with van der Waals surface area (Å²) >= 11 is 0. The first-order chi connectivity index (χ1) is 7.62. The summed E-state index contributed by atoms with van der Waals surface area (Å²) in [6.45, 7) is 5.33. The molecule has 0 aliphatic heterocycles. The van der Waals surface area contributed by atoms with E-state index in [0.29, 0.717) is 19.6 Å². The Bertz CT molecular complexity index is 281. The molecule has 1 N–H and O–H groups in total. The van der Waals surface area contributed by atoms with Crippen molar-refractivity contribution in [3.63, 3.8) is 0 Å². The van der Waals surface area contributed by atoms with Crippen molar-refractivity contribution in [2.75, 3.05) is 19.8 Å². The molecule has 0 saturated heterocycles. The molecule has 4 heteroatoms. The molecule has 1 rings (SSSR count). The van der Waals surface area contributed by atoms with Crippen molar-refractivity contribution in [3.8, 4) is 6.07 Å². The first-order valence-electron chi connectivity index (χ1n) is 5.89. The van der Waals surface area contributed by atoms with Crippen molar-refractivity contribution in [3.05, 3.63) is 0 Å². The van der Waals surface area contributed by atoms with E-state index in [9.17, 15) is 4.79 Å². The summed E-state index contributed by atoms with van der Waals surface area (Å²) in [7, 11) is 0. The number of rotatable bonds is 7. The fraction of sp³-hybridized carbons (Fsp3) is 0.833. The number of hydrogen-bond acceptors (Lipinski definition) is 3. The molecule has 1 saturated carbocycles. The van der Waals surface area contributed by atoms with Gasteiger partial charge in [0.05, 0.1) is 12.7 Å². The summed E-state index contributed by atoms with van der Waals surface area (Å²) in [5.41, 5.74) is -0.906. The summed E-state index contributed by atoms with van der Waals surface area (Å²) in [4.78, 5) is 11.6. The average molecular weight is 224 g/mol. The number of nitrogens with one attached hydrogen (secondary N) is 1. The third-order valence-electron chi connectivity index (χ3n) is 3.04. The SMILES string of the molecule is CCC(C)(C#N)C(=O)NCCOCC1CC1. The van der Waals surface area contributed by atoms with E-state index in [2.05, 4.69) is 5.32 Å². The van der Waals surface area contributed by atoms with Crippen molar-refractivity contribution < 1.29 is 9.53 Å². The number of ether oxygens (including phenoxy) is 1. The number of nitrogens with zero attached hydrogens (tertiary/aromatic N) is 1. The maximum atomic E-state index is 11.6. The molecular weight excluding hydrogens is 204 g/mol. The van der Waals surface area contributed by atoms with Crippen molar-refractivity contribution in [2.24, 2.45) is 11.3 Å². The number of hydrogen-bond donors (Lipinski definition) is 1. The van der Waals surface area contributed by atoms with Crippen molar-refractivity contribution >= 4 is 5.91 Å². The Morgan fingerprint density at radius 1 is 1.62 bits per heavy atom. The van der Waals surface area contributed by atoms with E-state index in [0.717, 1.165) is 12.5 Å². The average Bonchev–Trinajstić information content (AvgIpc) is 3.11. The van der Waals surface area contributed by atoms with Crippen LogP contribution in [0.2, 0.25) is 0 Å². The second-order valence-corrected chi connectivity index (χ2v) is 4.57. The maximum Gasteiger partial charge on any atom is 0.240 e. The Balaban J connectivity index is 2.11. The lowest BCUT2D eigenvalue weighted by atomic mass is 9.88. The van der Waals surface area contributed by atoms with Crippen LogP contribution in [-0.2, 0) is 9.53 Å². The van der Waals surface area contributed by atoms with E-state index in [1.165, 1.54) is 12.8 Å². The highest BCUT2D eigenvalue weighted by atomic mass is 16.5. The van der Waals surface area contributed by atoms with Crippen molar-refractivity contribution in [2.45, 2.75) is 33.1 Å². The molecule has 4 nitrogen and oxygen atoms in total. The van der Waals surface area contributed by atoms with Gasteiger partial charge >= 0.3 is 0 Å². The van der Waals surface area contributed by atoms with Gasteiger partial charge in [-0.05, 0) is 32.1 Å². The monoisotopic (exact) mass is 224 g/mol. The largest absolute Gasteiger partial charge is 0.379 e. The predicted molar refractivity (Wildman–Crippen MR) is 60.6 cm³/mol. The van der Waals surface area contributed by atoms with Gasteiger partial charge in [0, 0.05) is 13.2 Å². The molecule has 1 atom stereocenters. The summed E-state index contributed by atoms with van der Waals surface area (Å²) in [5, 5.41) is 11.6. The van der Waals surface area contributed by atoms with Gasteiger partial charge in [-0.25, -0.2) is 0 Å². The molecule has 0 radical (unpaired) electrons. The van der Waals surface area contributed by atoms with E-state index < -0.39 is 5.41 Å². The van der Waals surface area contributed by atoms with Gasteiger partial charge in [0.15, 0.2) is 0 Å². The Labute approximate surface area is 97.0 Å². The minimum Gasteiger partial charge on any atom is -0.379 e. The second-order valence-electron chi connectivity index (χ2n) is 4.57. The Hall–Kier alpha value is -1.08. The molecule has 90 valence electrons. The molecule has 0 aromatic heterocycles. The molecule has 16 heavy (non-hydrogen) atoms. The summed E-state index contributed by atoms with van der Waals surface area (Å²) in [5.74, 6) is 0.545. The van der Waals surface area contributed by atoms with E-state index >= 15 is 0 Å². The third-order valence-corrected chi connectivity index (χ3v) is 3.04. The maximum absolute atomic E-state index is 11.6. The van der Waals surface area contributed by atoms with Crippen LogP contribution in [0.3, 0.4) is 0 Å². The lowest BCUT2D eigenvalue weighted by molar-refractivity contribution is -0.127. The zero-order valence-corrected chi connectivity index (χ0v) is 10.1. The topological polar surface area (TPSA) is 62.1 Å². The van der Waals surface area contributed by atoms with Gasteiger partial charge in [-0.3, -0.25) is 4.79 Å². The summed E-state index contributed by atoms with van der Waals surface area (Å²) in [6.07, 6.45) is 3.07. The lowest BCUT2D eigenvalue weighted by Crippen LogP contribution is -2.39. The number of nitriles is 1. The highest BCUT2D eigenvalue weighted by molar-refractivity contribution is 5.84. The van der Waals surface area contributed by atoms with Gasteiger partial charge in [-0.1, -0.05) is 6.92 Å². The zero-order chi connectivity index (χ0) is 12.0. The number of carbonyl (C=O) groups is 1. The van der Waals surface area contributed by atoms with Crippen LogP contribution in [0, 0.1) is 22.7 Å². The molecule has 1 amide bonds. The fourth-order valence-electron chi connectivity index (χ4n) is 1.26. The minimum absolute atomic E-state index is 0.201. The van der Waals surface area contributed by atoms with E-state index in [4.69, 9.17) is 10.00 Å². The van der Waals surface area contributed by atoms with Crippen LogP contribution in [0.5, 0.6) is 0 Å². The van der Waals surface area contributed by atoms with Gasteiger partial charge in [0.2, 0.25) is 5.91 Å². The fourth-order valence-corrected chi connectivity index (χ4v) is 1.26. The number of amides is 1. The molecule has 1 unspecified atom stereocenters. The Kier molecular flexibility index (Phi) is 4.75. The molecule has 0 bridgehead atoms. The van der Waals surface area contributed by atoms with Crippen LogP contribution in [0.4, 0.5) is 0 Å². The molecular formula is C12H20N2O2. The predicted octanol–water partition coefficient (Wildman–Crippen LogP) is 1.47. The highest BCUT2D eigenvalue weighted by Crippen LogP contribution is 2.28. The van der Waals surface area contributed by atoms with Crippen LogP contribution in [0.25, 0.3) is 0 Å². The smallest absolute Gasteiger partial charge is 0.240 e. The van der Waals surface area contributed by atoms with Crippen LogP contribution in [0.1, 0.15) is 33.1 Å². The van der Waals surface area contributed by atoms with Crippen molar-refractivity contribution in [1.29, 1.82) is 5.26 Å². The first kappa shape index (κ1) is 13.0. The summed E-state index contributed by atoms with van der Waals surface area (Å²) in [6, 6.07) is 2.04. The van der Waals surface area contributed by atoms with Crippen LogP contribution in [-0.4, -0.2) is 25.7 Å².